The Hall–Kier alpha value is -2.37. The summed E-state index contributed by atoms with van der Waals surface area (Å²) in [6, 6.07) is 23.3. The van der Waals surface area contributed by atoms with Crippen LogP contribution in [0.5, 0.6) is 5.75 Å². The second-order valence-electron chi connectivity index (χ2n) is 6.28. The third-order valence-corrected chi connectivity index (χ3v) is 8.11. The summed E-state index contributed by atoms with van der Waals surface area (Å²) in [6.45, 7) is 0. The molecule has 0 aliphatic heterocycles. The molecule has 6 nitrogen and oxygen atoms in total. The molecule has 3 rings (SSSR count). The van der Waals surface area contributed by atoms with Crippen molar-refractivity contribution in [1.82, 2.24) is 0 Å². The topological polar surface area (TPSA) is 101 Å². The first kappa shape index (κ1) is 28.9. The van der Waals surface area contributed by atoms with Crippen LogP contribution in [0.3, 0.4) is 0 Å². The van der Waals surface area contributed by atoms with Crippen LogP contribution in [-0.2, 0) is 20.2 Å². The molecule has 0 aromatic heterocycles. The van der Waals surface area contributed by atoms with E-state index in [2.05, 4.69) is 4.18 Å². The fourth-order valence-electron chi connectivity index (χ4n) is 2.21. The van der Waals surface area contributed by atoms with E-state index in [4.69, 9.17) is 13.0 Å². The van der Waals surface area contributed by atoms with Crippen LogP contribution in [0.4, 0.5) is 26.3 Å². The van der Waals surface area contributed by atoms with Gasteiger partial charge in [0.15, 0.2) is 19.4 Å². The summed E-state index contributed by atoms with van der Waals surface area (Å²) in [4.78, 5) is 0. The van der Waals surface area contributed by atoms with E-state index < -0.39 is 52.5 Å². The zero-order chi connectivity index (χ0) is 26.5. The largest absolute Gasteiger partial charge is 0.741 e. The molecule has 0 bridgehead atoms. The highest BCUT2D eigenvalue weighted by Gasteiger charge is 2.49. The zero-order valence-electron chi connectivity index (χ0n) is 16.9. The minimum atomic E-state index is -6.09. The van der Waals surface area contributed by atoms with E-state index in [-0.39, 0.29) is 5.75 Å². The van der Waals surface area contributed by atoms with Crippen LogP contribution in [0.25, 0.3) is 11.1 Å². The van der Waals surface area contributed by atoms with Crippen molar-refractivity contribution in [3.8, 4) is 16.9 Å². The van der Waals surface area contributed by atoms with Crippen molar-refractivity contribution in [3.63, 3.8) is 0 Å². The predicted molar refractivity (Wildman–Crippen MR) is 107 cm³/mol. The second kappa shape index (κ2) is 11.1. The number of alkyl halides is 6. The molecule has 0 heterocycles. The quantitative estimate of drug-likeness (QED) is 0.137. The summed E-state index contributed by atoms with van der Waals surface area (Å²) in [5.74, 6) is -0.283. The van der Waals surface area contributed by atoms with Crippen LogP contribution < -0.4 is 25.4 Å². The van der Waals surface area contributed by atoms with Gasteiger partial charge in [0.05, 0.1) is 0 Å². The summed E-state index contributed by atoms with van der Waals surface area (Å²) in [7, 11) is -11.8. The molecular weight excluding hydrogens is 641 g/mol. The first-order chi connectivity index (χ1) is 16.0. The Labute approximate surface area is 206 Å². The Morgan fingerprint density at radius 3 is 1.60 bits per heavy atom. The maximum Gasteiger partial charge on any atom is 0.534 e. The molecule has 0 radical (unpaired) electrons. The summed E-state index contributed by atoms with van der Waals surface area (Å²) in [6.07, 6.45) is 0. The van der Waals surface area contributed by atoms with Gasteiger partial charge in [0.1, 0.15) is 0 Å². The molecule has 3 aromatic rings. The SMILES string of the molecule is O=S(=O)(Oc1ccccc1[I+]c1ccc(-c2ccccc2)cc1)C(F)(F)F.O=S(=O)([O-])C(F)(F)F. The van der Waals surface area contributed by atoms with E-state index in [1.54, 1.807) is 12.1 Å². The van der Waals surface area contributed by atoms with Crippen LogP contribution in [0.2, 0.25) is 0 Å². The predicted octanol–water partition coefficient (Wildman–Crippen LogP) is 1.76. The van der Waals surface area contributed by atoms with Crippen molar-refractivity contribution in [2.75, 3.05) is 0 Å². The van der Waals surface area contributed by atoms with E-state index in [0.717, 1.165) is 14.7 Å². The fraction of sp³-hybridized carbons (Fsp3) is 0.100. The van der Waals surface area contributed by atoms with Gasteiger partial charge in [-0.1, -0.05) is 42.5 Å². The van der Waals surface area contributed by atoms with E-state index in [0.29, 0.717) is 3.57 Å². The molecule has 0 atom stereocenters. The van der Waals surface area contributed by atoms with Gasteiger partial charge >= 0.3 is 42.3 Å². The molecule has 0 aliphatic rings. The highest BCUT2D eigenvalue weighted by Crippen LogP contribution is 2.26. The summed E-state index contributed by atoms with van der Waals surface area (Å²) < 4.78 is 125. The monoisotopic (exact) mass is 654 g/mol. The lowest BCUT2D eigenvalue weighted by atomic mass is 10.1. The van der Waals surface area contributed by atoms with Crippen LogP contribution in [0.15, 0.2) is 78.9 Å². The van der Waals surface area contributed by atoms with Gasteiger partial charge in [-0.3, -0.25) is 0 Å². The third-order valence-electron chi connectivity index (χ3n) is 3.77. The number of para-hydroxylation sites is 1. The maximum atomic E-state index is 12.6. The first-order valence-electron chi connectivity index (χ1n) is 8.93. The van der Waals surface area contributed by atoms with Gasteiger partial charge in [-0.2, -0.15) is 34.8 Å². The molecule has 190 valence electrons. The van der Waals surface area contributed by atoms with Gasteiger partial charge in [0.2, 0.25) is 3.57 Å². The standard InChI is InChI=1S/C19H13F3IO3S.CHF3O3S/c20-19(21,22)27(24,25)26-18-9-5-4-8-17(18)23-16-12-10-15(11-13-16)14-6-2-1-3-7-14;2-1(3,4)8(5,6)7/h1-13H;(H,5,6,7)/q+1;/p-1. The molecule has 0 spiro atoms. The van der Waals surface area contributed by atoms with Crippen molar-refractivity contribution in [1.29, 1.82) is 0 Å². The summed E-state index contributed by atoms with van der Waals surface area (Å²) in [5.41, 5.74) is -9.03. The average molecular weight is 654 g/mol. The molecule has 0 aliphatic carbocycles. The maximum absolute atomic E-state index is 12.6. The molecule has 0 unspecified atom stereocenters. The van der Waals surface area contributed by atoms with Gasteiger partial charge in [0.25, 0.3) is 0 Å². The Morgan fingerprint density at radius 1 is 0.657 bits per heavy atom. The van der Waals surface area contributed by atoms with Crippen molar-refractivity contribution in [2.24, 2.45) is 0 Å². The Morgan fingerprint density at radius 2 is 1.11 bits per heavy atom. The Kier molecular flexibility index (Phi) is 9.18. The van der Waals surface area contributed by atoms with Gasteiger partial charge in [0, 0.05) is 0 Å². The molecule has 0 amide bonds. The first-order valence-corrected chi connectivity index (χ1v) is 13.9. The van der Waals surface area contributed by atoms with Crippen molar-refractivity contribution in [2.45, 2.75) is 11.0 Å². The number of rotatable bonds is 5. The lowest BCUT2D eigenvalue weighted by Gasteiger charge is -2.08. The van der Waals surface area contributed by atoms with Gasteiger partial charge < -0.3 is 8.74 Å². The average Bonchev–Trinajstić information content (AvgIpc) is 2.74. The Balaban J connectivity index is 0.000000466. The molecule has 0 saturated heterocycles. The van der Waals surface area contributed by atoms with E-state index in [1.807, 2.05) is 54.6 Å². The van der Waals surface area contributed by atoms with Gasteiger partial charge in [-0.05, 0) is 47.5 Å². The number of benzene rings is 3. The van der Waals surface area contributed by atoms with Crippen LogP contribution in [0, 0.1) is 7.14 Å². The minimum Gasteiger partial charge on any atom is -0.741 e. The van der Waals surface area contributed by atoms with Gasteiger partial charge in [-0.25, -0.2) is 8.42 Å². The molecule has 3 aromatic carbocycles. The van der Waals surface area contributed by atoms with Crippen molar-refractivity contribution in [3.05, 3.63) is 86.0 Å². The normalized spacial score (nSPS) is 12.4. The van der Waals surface area contributed by atoms with Crippen LogP contribution in [-0.4, -0.2) is 32.4 Å². The highest BCUT2D eigenvalue weighted by atomic mass is 127. The van der Waals surface area contributed by atoms with Crippen molar-refractivity contribution >= 4 is 20.2 Å². The minimum absolute atomic E-state index is 0.283. The molecule has 0 fully saturated rings. The van der Waals surface area contributed by atoms with Crippen LogP contribution >= 0.6 is 0 Å². The lowest BCUT2D eigenvalue weighted by Crippen LogP contribution is -3.61. The van der Waals surface area contributed by atoms with E-state index in [9.17, 15) is 34.8 Å². The van der Waals surface area contributed by atoms with E-state index in [1.165, 1.54) is 12.1 Å². The second-order valence-corrected chi connectivity index (χ2v) is 12.1. The molecule has 35 heavy (non-hydrogen) atoms. The fourth-order valence-corrected chi connectivity index (χ4v) is 5.17. The smallest absolute Gasteiger partial charge is 0.534 e. The van der Waals surface area contributed by atoms with Gasteiger partial charge in [-0.15, -0.1) is 0 Å². The summed E-state index contributed by atoms with van der Waals surface area (Å²) >= 11 is -0.924. The van der Waals surface area contributed by atoms with Crippen molar-refractivity contribution < 1.29 is 73.1 Å². The van der Waals surface area contributed by atoms with Crippen LogP contribution in [0.1, 0.15) is 0 Å². The summed E-state index contributed by atoms with van der Waals surface area (Å²) in [5, 5.41) is 0. The number of hydrogen-bond donors (Lipinski definition) is 0. The third kappa shape index (κ3) is 8.36. The number of halogens is 7. The molecular formula is C20H13F6IO6S2. The Bertz CT molecular complexity index is 1340. The highest BCUT2D eigenvalue weighted by molar-refractivity contribution is 7.88. The lowest BCUT2D eigenvalue weighted by molar-refractivity contribution is -0.597. The molecule has 0 N–H and O–H groups in total. The molecule has 0 saturated carbocycles. The molecule has 15 heteroatoms. The zero-order valence-corrected chi connectivity index (χ0v) is 20.7. The van der Waals surface area contributed by atoms with E-state index >= 15 is 0 Å². The number of hydrogen-bond acceptors (Lipinski definition) is 6.